The number of aryl methyl sites for hydroxylation is 2. The number of carbonyl (C=O) groups is 1. The van der Waals surface area contributed by atoms with E-state index in [1.54, 1.807) is 0 Å². The molecular formula is C18H18BrNO4. The van der Waals surface area contributed by atoms with Crippen molar-refractivity contribution >= 4 is 21.8 Å². The fraction of sp³-hybridized carbons (Fsp3) is 0.278. The molecule has 1 amide bonds. The van der Waals surface area contributed by atoms with Crippen LogP contribution in [0.25, 0.3) is 0 Å². The molecule has 0 saturated carbocycles. The van der Waals surface area contributed by atoms with Crippen molar-refractivity contribution in [1.82, 2.24) is 5.32 Å². The van der Waals surface area contributed by atoms with E-state index < -0.39 is 0 Å². The van der Waals surface area contributed by atoms with Gasteiger partial charge in [0.05, 0.1) is 0 Å². The summed E-state index contributed by atoms with van der Waals surface area (Å²) in [6, 6.07) is 9.42. The van der Waals surface area contributed by atoms with E-state index in [0.29, 0.717) is 18.0 Å². The lowest BCUT2D eigenvalue weighted by molar-refractivity contribution is -0.123. The van der Waals surface area contributed by atoms with E-state index in [-0.39, 0.29) is 19.3 Å². The van der Waals surface area contributed by atoms with E-state index in [0.717, 1.165) is 26.9 Å². The maximum Gasteiger partial charge on any atom is 0.258 e. The number of carbonyl (C=O) groups excluding carboxylic acids is 1. The molecule has 0 aliphatic carbocycles. The Kier molecular flexibility index (Phi) is 4.94. The van der Waals surface area contributed by atoms with Gasteiger partial charge in [0.1, 0.15) is 5.75 Å². The van der Waals surface area contributed by atoms with Crippen molar-refractivity contribution in [2.75, 3.05) is 13.4 Å². The molecule has 0 fully saturated rings. The first kappa shape index (κ1) is 16.6. The molecule has 0 radical (unpaired) electrons. The Morgan fingerprint density at radius 1 is 1.17 bits per heavy atom. The zero-order valence-corrected chi connectivity index (χ0v) is 15.1. The molecule has 1 heterocycles. The van der Waals surface area contributed by atoms with Crippen LogP contribution in [0.3, 0.4) is 0 Å². The molecule has 5 nitrogen and oxygen atoms in total. The van der Waals surface area contributed by atoms with Crippen molar-refractivity contribution in [1.29, 1.82) is 0 Å². The predicted octanol–water partition coefficient (Wildman–Crippen LogP) is 3.49. The second kappa shape index (κ2) is 7.13. The minimum absolute atomic E-state index is 0.0228. The van der Waals surface area contributed by atoms with Gasteiger partial charge >= 0.3 is 0 Å². The van der Waals surface area contributed by atoms with Crippen molar-refractivity contribution < 1.29 is 19.0 Å². The lowest BCUT2D eigenvalue weighted by atomic mass is 10.1. The molecule has 2 aromatic rings. The summed E-state index contributed by atoms with van der Waals surface area (Å²) in [5, 5.41) is 2.83. The number of hydrogen-bond acceptors (Lipinski definition) is 4. The molecule has 24 heavy (non-hydrogen) atoms. The highest BCUT2D eigenvalue weighted by Gasteiger charge is 2.13. The van der Waals surface area contributed by atoms with Crippen LogP contribution in [-0.4, -0.2) is 19.3 Å². The molecule has 2 aromatic carbocycles. The van der Waals surface area contributed by atoms with E-state index >= 15 is 0 Å². The van der Waals surface area contributed by atoms with E-state index in [1.807, 2.05) is 44.2 Å². The molecule has 1 aliphatic rings. The second-order valence-corrected chi connectivity index (χ2v) is 6.42. The van der Waals surface area contributed by atoms with Gasteiger partial charge in [0.2, 0.25) is 6.79 Å². The standard InChI is InChI=1S/C18H18BrNO4/c1-11-5-14(6-12(2)18(11)19)22-9-17(21)20-8-13-3-4-15-16(7-13)24-10-23-15/h3-7H,8-10H2,1-2H3,(H,20,21). The van der Waals surface area contributed by atoms with Gasteiger partial charge < -0.3 is 19.5 Å². The van der Waals surface area contributed by atoms with E-state index in [9.17, 15) is 4.79 Å². The van der Waals surface area contributed by atoms with Gasteiger partial charge in [-0.3, -0.25) is 4.79 Å². The summed E-state index contributed by atoms with van der Waals surface area (Å²) in [5.41, 5.74) is 3.10. The van der Waals surface area contributed by atoms with Crippen LogP contribution < -0.4 is 19.5 Å². The maximum atomic E-state index is 12.0. The minimum atomic E-state index is -0.175. The average molecular weight is 392 g/mol. The number of rotatable bonds is 5. The SMILES string of the molecule is Cc1cc(OCC(=O)NCc2ccc3c(c2)OCO3)cc(C)c1Br. The molecule has 0 unspecified atom stereocenters. The Bertz CT molecular complexity index is 753. The summed E-state index contributed by atoms with van der Waals surface area (Å²) in [6.45, 7) is 4.61. The third kappa shape index (κ3) is 3.82. The minimum Gasteiger partial charge on any atom is -0.484 e. The molecule has 0 saturated heterocycles. The summed E-state index contributed by atoms with van der Waals surface area (Å²) in [5.74, 6) is 1.95. The summed E-state index contributed by atoms with van der Waals surface area (Å²) >= 11 is 3.51. The Morgan fingerprint density at radius 3 is 2.62 bits per heavy atom. The number of fused-ring (bicyclic) bond motifs is 1. The molecule has 0 atom stereocenters. The smallest absolute Gasteiger partial charge is 0.258 e. The van der Waals surface area contributed by atoms with E-state index in [4.69, 9.17) is 14.2 Å². The fourth-order valence-electron chi connectivity index (χ4n) is 2.44. The second-order valence-electron chi connectivity index (χ2n) is 5.62. The Morgan fingerprint density at radius 2 is 1.88 bits per heavy atom. The Labute approximate surface area is 149 Å². The lowest BCUT2D eigenvalue weighted by Gasteiger charge is -2.10. The third-order valence-corrected chi connectivity index (χ3v) is 4.96. The molecule has 6 heteroatoms. The molecule has 0 aromatic heterocycles. The topological polar surface area (TPSA) is 56.8 Å². The van der Waals surface area contributed by atoms with Crippen LogP contribution in [0.5, 0.6) is 17.2 Å². The van der Waals surface area contributed by atoms with Crippen molar-refractivity contribution in [2.45, 2.75) is 20.4 Å². The van der Waals surface area contributed by atoms with Gasteiger partial charge in [0.25, 0.3) is 5.91 Å². The lowest BCUT2D eigenvalue weighted by Crippen LogP contribution is -2.28. The van der Waals surface area contributed by atoms with Crippen LogP contribution >= 0.6 is 15.9 Å². The highest BCUT2D eigenvalue weighted by atomic mass is 79.9. The van der Waals surface area contributed by atoms with Crippen molar-refractivity contribution in [3.63, 3.8) is 0 Å². The summed E-state index contributed by atoms with van der Waals surface area (Å²) < 4.78 is 17.2. The van der Waals surface area contributed by atoms with E-state index in [2.05, 4.69) is 21.2 Å². The molecule has 0 spiro atoms. The zero-order valence-electron chi connectivity index (χ0n) is 13.5. The number of hydrogen-bond donors (Lipinski definition) is 1. The summed E-state index contributed by atoms with van der Waals surface area (Å²) in [6.07, 6.45) is 0. The van der Waals surface area contributed by atoms with Gasteiger partial charge in [-0.15, -0.1) is 0 Å². The average Bonchev–Trinajstić information content (AvgIpc) is 3.03. The van der Waals surface area contributed by atoms with Crippen LogP contribution in [0.4, 0.5) is 0 Å². The summed E-state index contributed by atoms with van der Waals surface area (Å²) in [4.78, 5) is 12.0. The zero-order chi connectivity index (χ0) is 17.1. The number of benzene rings is 2. The van der Waals surface area contributed by atoms with Gasteiger partial charge in [0.15, 0.2) is 18.1 Å². The van der Waals surface area contributed by atoms with Crippen molar-refractivity contribution in [3.05, 3.63) is 51.5 Å². The Hall–Kier alpha value is -2.21. The predicted molar refractivity (Wildman–Crippen MR) is 93.5 cm³/mol. The number of amides is 1. The third-order valence-electron chi connectivity index (χ3n) is 3.71. The molecule has 3 rings (SSSR count). The van der Waals surface area contributed by atoms with Crippen LogP contribution in [0.15, 0.2) is 34.8 Å². The van der Waals surface area contributed by atoms with Gasteiger partial charge in [-0.05, 0) is 54.8 Å². The first-order chi connectivity index (χ1) is 11.5. The van der Waals surface area contributed by atoms with Crippen molar-refractivity contribution in [3.8, 4) is 17.2 Å². The number of nitrogens with one attached hydrogen (secondary N) is 1. The summed E-state index contributed by atoms with van der Waals surface area (Å²) in [7, 11) is 0. The first-order valence-electron chi connectivity index (χ1n) is 7.57. The largest absolute Gasteiger partial charge is 0.484 e. The van der Waals surface area contributed by atoms with Gasteiger partial charge in [-0.2, -0.15) is 0 Å². The van der Waals surface area contributed by atoms with E-state index in [1.165, 1.54) is 0 Å². The van der Waals surface area contributed by atoms with Gasteiger partial charge in [-0.1, -0.05) is 22.0 Å². The number of halogens is 1. The monoisotopic (exact) mass is 391 g/mol. The normalized spacial score (nSPS) is 12.1. The maximum absolute atomic E-state index is 12.0. The molecule has 0 bridgehead atoms. The highest BCUT2D eigenvalue weighted by molar-refractivity contribution is 9.10. The van der Waals surface area contributed by atoms with Crippen LogP contribution in [0.1, 0.15) is 16.7 Å². The van der Waals surface area contributed by atoms with Gasteiger partial charge in [-0.25, -0.2) is 0 Å². The number of ether oxygens (including phenoxy) is 3. The first-order valence-corrected chi connectivity index (χ1v) is 8.37. The van der Waals surface area contributed by atoms with Gasteiger partial charge in [0, 0.05) is 11.0 Å². The highest BCUT2D eigenvalue weighted by Crippen LogP contribution is 2.32. The molecule has 1 N–H and O–H groups in total. The molecular weight excluding hydrogens is 374 g/mol. The Balaban J connectivity index is 1.51. The van der Waals surface area contributed by atoms with Crippen LogP contribution in [0.2, 0.25) is 0 Å². The van der Waals surface area contributed by atoms with Crippen LogP contribution in [-0.2, 0) is 11.3 Å². The fourth-order valence-corrected chi connectivity index (χ4v) is 2.67. The molecule has 126 valence electrons. The van der Waals surface area contributed by atoms with Crippen LogP contribution in [0, 0.1) is 13.8 Å². The quantitative estimate of drug-likeness (QED) is 0.847. The molecule has 1 aliphatic heterocycles. The van der Waals surface area contributed by atoms with Crippen molar-refractivity contribution in [2.24, 2.45) is 0 Å².